The predicted molar refractivity (Wildman–Crippen MR) is 125 cm³/mol. The van der Waals surface area contributed by atoms with E-state index in [-0.39, 0.29) is 12.5 Å². The Morgan fingerprint density at radius 3 is 2.33 bits per heavy atom. The van der Waals surface area contributed by atoms with Crippen LogP contribution in [0.25, 0.3) is 0 Å². The summed E-state index contributed by atoms with van der Waals surface area (Å²) in [5.41, 5.74) is 2.49. The highest BCUT2D eigenvalue weighted by molar-refractivity contribution is 5.93. The number of amides is 1. The zero-order valence-electron chi connectivity index (χ0n) is 18.2. The zero-order valence-corrected chi connectivity index (χ0v) is 18.2. The second kappa shape index (κ2) is 13.3. The molecule has 2 aromatic rings. The van der Waals surface area contributed by atoms with Crippen LogP contribution in [0.4, 0.5) is 11.4 Å². The number of hydrogen-bond acceptors (Lipinski definition) is 4. The molecule has 0 atom stereocenters. The first-order valence-corrected chi connectivity index (χ1v) is 10.7. The summed E-state index contributed by atoms with van der Waals surface area (Å²) < 4.78 is 11.4. The van der Waals surface area contributed by atoms with E-state index in [4.69, 9.17) is 9.47 Å². The Morgan fingerprint density at radius 1 is 0.933 bits per heavy atom. The molecular weight excluding hydrogens is 376 g/mol. The molecule has 0 fully saturated rings. The Hall–Kier alpha value is -2.95. The molecule has 1 amide bonds. The van der Waals surface area contributed by atoms with Gasteiger partial charge in [0, 0.05) is 23.5 Å². The van der Waals surface area contributed by atoms with Crippen LogP contribution < -0.4 is 20.1 Å². The summed E-state index contributed by atoms with van der Waals surface area (Å²) >= 11 is 0. The minimum Gasteiger partial charge on any atom is -0.494 e. The standard InChI is InChI=1S/C25H34N2O3/c1-4-5-6-7-8-15-29-23-13-9-11-21(16-23)26-18-25(28)27-22-12-10-14-24(17-22)30-19-20(2)3/h9-14,16-17,26H,2,4-8,15,18-19H2,1,3H3,(H,27,28). The van der Waals surface area contributed by atoms with E-state index < -0.39 is 0 Å². The van der Waals surface area contributed by atoms with E-state index in [1.165, 1.54) is 25.7 Å². The van der Waals surface area contributed by atoms with Gasteiger partial charge in [-0.05, 0) is 43.2 Å². The third-order valence-corrected chi connectivity index (χ3v) is 4.41. The summed E-state index contributed by atoms with van der Waals surface area (Å²) in [7, 11) is 0. The summed E-state index contributed by atoms with van der Waals surface area (Å²) in [4.78, 5) is 12.3. The predicted octanol–water partition coefficient (Wildman–Crippen LogP) is 6.04. The van der Waals surface area contributed by atoms with Crippen LogP contribution in [0.15, 0.2) is 60.7 Å². The quantitative estimate of drug-likeness (QED) is 0.294. The molecule has 0 radical (unpaired) electrons. The first kappa shape index (κ1) is 23.3. The number of rotatable bonds is 14. The largest absolute Gasteiger partial charge is 0.494 e. The highest BCUT2D eigenvalue weighted by atomic mass is 16.5. The Labute approximate surface area is 180 Å². The molecule has 5 nitrogen and oxygen atoms in total. The number of benzene rings is 2. The molecule has 0 heterocycles. The highest BCUT2D eigenvalue weighted by Gasteiger charge is 2.05. The summed E-state index contributed by atoms with van der Waals surface area (Å²) in [6, 6.07) is 15.0. The average molecular weight is 411 g/mol. The van der Waals surface area contributed by atoms with Crippen molar-refractivity contribution in [1.29, 1.82) is 0 Å². The molecule has 0 saturated carbocycles. The van der Waals surface area contributed by atoms with Gasteiger partial charge in [0.2, 0.25) is 5.91 Å². The van der Waals surface area contributed by atoms with Crippen LogP contribution in [0.5, 0.6) is 11.5 Å². The van der Waals surface area contributed by atoms with Gasteiger partial charge < -0.3 is 20.1 Å². The van der Waals surface area contributed by atoms with Gasteiger partial charge in [0.05, 0.1) is 13.2 Å². The Kier molecular flexibility index (Phi) is 10.3. The van der Waals surface area contributed by atoms with E-state index in [1.54, 1.807) is 6.07 Å². The van der Waals surface area contributed by atoms with Crippen LogP contribution in [0.2, 0.25) is 0 Å². The minimum absolute atomic E-state index is 0.130. The normalized spacial score (nSPS) is 10.3. The Bertz CT molecular complexity index is 804. The van der Waals surface area contributed by atoms with Crippen molar-refractivity contribution >= 4 is 17.3 Å². The summed E-state index contributed by atoms with van der Waals surface area (Å²) in [6.45, 7) is 9.28. The van der Waals surface area contributed by atoms with Crippen molar-refractivity contribution in [2.45, 2.75) is 46.0 Å². The first-order valence-electron chi connectivity index (χ1n) is 10.7. The molecule has 0 bridgehead atoms. The van der Waals surface area contributed by atoms with E-state index in [9.17, 15) is 4.79 Å². The maximum atomic E-state index is 12.3. The highest BCUT2D eigenvalue weighted by Crippen LogP contribution is 2.19. The lowest BCUT2D eigenvalue weighted by atomic mass is 10.2. The van der Waals surface area contributed by atoms with Crippen LogP contribution in [-0.2, 0) is 4.79 Å². The van der Waals surface area contributed by atoms with Crippen molar-refractivity contribution in [3.8, 4) is 11.5 Å². The minimum atomic E-state index is -0.130. The van der Waals surface area contributed by atoms with Crippen molar-refractivity contribution in [2.75, 3.05) is 30.4 Å². The number of unbranched alkanes of at least 4 members (excludes halogenated alkanes) is 4. The number of anilines is 2. The molecule has 0 unspecified atom stereocenters. The number of nitrogens with one attached hydrogen (secondary N) is 2. The van der Waals surface area contributed by atoms with Gasteiger partial charge in [-0.15, -0.1) is 0 Å². The van der Waals surface area contributed by atoms with Crippen LogP contribution in [-0.4, -0.2) is 25.7 Å². The van der Waals surface area contributed by atoms with Crippen LogP contribution in [0.1, 0.15) is 46.0 Å². The molecule has 2 rings (SSSR count). The Balaban J connectivity index is 1.75. The molecule has 0 spiro atoms. The lowest BCUT2D eigenvalue weighted by Gasteiger charge is -2.11. The van der Waals surface area contributed by atoms with E-state index in [0.717, 1.165) is 30.0 Å². The molecule has 162 valence electrons. The molecule has 2 N–H and O–H groups in total. The smallest absolute Gasteiger partial charge is 0.243 e. The van der Waals surface area contributed by atoms with Gasteiger partial charge in [-0.1, -0.05) is 51.3 Å². The monoisotopic (exact) mass is 410 g/mol. The SMILES string of the molecule is C=C(C)COc1cccc(NC(=O)CNc2cccc(OCCCCCCC)c2)c1. The van der Waals surface area contributed by atoms with Crippen molar-refractivity contribution in [3.05, 3.63) is 60.7 Å². The van der Waals surface area contributed by atoms with Crippen molar-refractivity contribution < 1.29 is 14.3 Å². The summed E-state index contributed by atoms with van der Waals surface area (Å²) in [5, 5.41) is 6.02. The van der Waals surface area contributed by atoms with Gasteiger partial charge >= 0.3 is 0 Å². The third-order valence-electron chi connectivity index (χ3n) is 4.41. The number of carbonyl (C=O) groups excluding carboxylic acids is 1. The third kappa shape index (κ3) is 9.50. The molecule has 0 aromatic heterocycles. The molecule has 30 heavy (non-hydrogen) atoms. The molecule has 2 aromatic carbocycles. The van der Waals surface area contributed by atoms with E-state index >= 15 is 0 Å². The Morgan fingerprint density at radius 2 is 1.60 bits per heavy atom. The van der Waals surface area contributed by atoms with Crippen molar-refractivity contribution in [3.63, 3.8) is 0 Å². The summed E-state index contributed by atoms with van der Waals surface area (Å²) in [6.07, 6.45) is 6.06. The van der Waals surface area contributed by atoms with Gasteiger partial charge in [0.15, 0.2) is 0 Å². The lowest BCUT2D eigenvalue weighted by molar-refractivity contribution is -0.114. The molecule has 0 saturated heterocycles. The number of hydrogen-bond donors (Lipinski definition) is 2. The maximum Gasteiger partial charge on any atom is 0.243 e. The van der Waals surface area contributed by atoms with E-state index in [2.05, 4.69) is 24.1 Å². The first-order chi connectivity index (χ1) is 14.6. The topological polar surface area (TPSA) is 59.6 Å². The fourth-order valence-corrected chi connectivity index (χ4v) is 2.85. The van der Waals surface area contributed by atoms with Gasteiger partial charge in [0.25, 0.3) is 0 Å². The molecule has 0 aliphatic carbocycles. The molecular formula is C25H34N2O3. The van der Waals surface area contributed by atoms with E-state index in [0.29, 0.717) is 18.0 Å². The lowest BCUT2D eigenvalue weighted by Crippen LogP contribution is -2.21. The van der Waals surface area contributed by atoms with E-state index in [1.807, 2.05) is 49.4 Å². The van der Waals surface area contributed by atoms with Crippen LogP contribution in [0.3, 0.4) is 0 Å². The fraction of sp³-hybridized carbons (Fsp3) is 0.400. The second-order valence-electron chi connectivity index (χ2n) is 7.47. The van der Waals surface area contributed by atoms with Crippen LogP contribution >= 0.6 is 0 Å². The van der Waals surface area contributed by atoms with Crippen molar-refractivity contribution in [1.82, 2.24) is 0 Å². The van der Waals surface area contributed by atoms with Gasteiger partial charge in [-0.2, -0.15) is 0 Å². The van der Waals surface area contributed by atoms with Gasteiger partial charge in [-0.25, -0.2) is 0 Å². The summed E-state index contributed by atoms with van der Waals surface area (Å²) in [5.74, 6) is 1.39. The molecule has 0 aliphatic rings. The average Bonchev–Trinajstić information content (AvgIpc) is 2.74. The van der Waals surface area contributed by atoms with Gasteiger partial charge in [-0.3, -0.25) is 4.79 Å². The van der Waals surface area contributed by atoms with Gasteiger partial charge in [0.1, 0.15) is 18.1 Å². The second-order valence-corrected chi connectivity index (χ2v) is 7.47. The maximum absolute atomic E-state index is 12.3. The fourth-order valence-electron chi connectivity index (χ4n) is 2.85. The number of carbonyl (C=O) groups is 1. The van der Waals surface area contributed by atoms with Crippen molar-refractivity contribution in [2.24, 2.45) is 0 Å². The zero-order chi connectivity index (χ0) is 21.6. The number of ether oxygens (including phenoxy) is 2. The molecule has 0 aliphatic heterocycles. The van der Waals surface area contributed by atoms with Crippen LogP contribution in [0, 0.1) is 0 Å². The molecule has 5 heteroatoms.